The Balaban J connectivity index is 1.84. The second-order valence-corrected chi connectivity index (χ2v) is 6.36. The van der Waals surface area contributed by atoms with Gasteiger partial charge in [0.1, 0.15) is 23.1 Å². The third kappa shape index (κ3) is 3.14. The monoisotopic (exact) mass is 411 g/mol. The molecule has 150 valence electrons. The molecule has 1 aromatic heterocycles. The number of nitrogens with zero attached hydrogens (tertiary/aromatic N) is 3. The Morgan fingerprint density at radius 3 is 2.41 bits per heavy atom. The third-order valence-electron chi connectivity index (χ3n) is 4.61. The number of anilines is 1. The first-order valence-corrected chi connectivity index (χ1v) is 8.38. The Labute approximate surface area is 160 Å². The van der Waals surface area contributed by atoms with E-state index in [1.165, 1.54) is 12.1 Å². The molecule has 1 aliphatic heterocycles. The number of halogens is 6. The quantitative estimate of drug-likeness (QED) is 0.582. The lowest BCUT2D eigenvalue weighted by molar-refractivity contribution is -0.143. The molecule has 0 saturated heterocycles. The van der Waals surface area contributed by atoms with Gasteiger partial charge in [-0.3, -0.25) is 4.79 Å². The molecule has 0 radical (unpaired) electrons. The van der Waals surface area contributed by atoms with Gasteiger partial charge in [0.2, 0.25) is 0 Å². The highest BCUT2D eigenvalue weighted by Crippen LogP contribution is 2.37. The van der Waals surface area contributed by atoms with Gasteiger partial charge in [0.15, 0.2) is 5.69 Å². The van der Waals surface area contributed by atoms with Crippen molar-refractivity contribution in [2.75, 3.05) is 11.4 Å². The molecule has 3 aromatic rings. The average molecular weight is 411 g/mol. The fourth-order valence-electron chi connectivity index (χ4n) is 3.36. The van der Waals surface area contributed by atoms with Gasteiger partial charge in [-0.15, -0.1) is 0 Å². The minimum atomic E-state index is -5.04. The van der Waals surface area contributed by atoms with Crippen LogP contribution in [0.3, 0.4) is 0 Å². The fraction of sp³-hybridized carbons (Fsp3) is 0.158. The zero-order valence-electron chi connectivity index (χ0n) is 14.5. The summed E-state index contributed by atoms with van der Waals surface area (Å²) in [7, 11) is 0. The van der Waals surface area contributed by atoms with Gasteiger partial charge < -0.3 is 4.90 Å². The standard InChI is InChI=1S/C19H11F6N3O/c20-10-7-14(22)11-5-6-27(16(11)8-10)18(29)12-9-26-28(17(12)19(23,24)25)15-4-2-1-3-13(15)21/h1-4,7-9H,5-6H2. The summed E-state index contributed by atoms with van der Waals surface area (Å²) >= 11 is 0. The number of hydrogen-bond acceptors (Lipinski definition) is 2. The summed E-state index contributed by atoms with van der Waals surface area (Å²) in [5, 5.41) is 3.56. The molecule has 0 unspecified atom stereocenters. The second kappa shape index (κ2) is 6.64. The maximum absolute atomic E-state index is 14.0. The molecule has 0 bridgehead atoms. The van der Waals surface area contributed by atoms with E-state index in [0.29, 0.717) is 16.9 Å². The molecular weight excluding hydrogens is 400 g/mol. The Morgan fingerprint density at radius 2 is 1.72 bits per heavy atom. The van der Waals surface area contributed by atoms with Gasteiger partial charge in [-0.25, -0.2) is 17.9 Å². The lowest BCUT2D eigenvalue weighted by Gasteiger charge is -2.19. The molecule has 0 atom stereocenters. The molecule has 29 heavy (non-hydrogen) atoms. The highest BCUT2D eigenvalue weighted by molar-refractivity contribution is 6.08. The molecule has 0 spiro atoms. The molecule has 0 fully saturated rings. The van der Waals surface area contributed by atoms with Crippen LogP contribution < -0.4 is 4.90 Å². The predicted molar refractivity (Wildman–Crippen MR) is 90.3 cm³/mol. The number of carbonyl (C=O) groups is 1. The van der Waals surface area contributed by atoms with Crippen LogP contribution in [-0.2, 0) is 12.6 Å². The fourth-order valence-corrected chi connectivity index (χ4v) is 3.36. The molecule has 0 aliphatic carbocycles. The molecule has 0 N–H and O–H groups in total. The van der Waals surface area contributed by atoms with Crippen LogP contribution in [0.1, 0.15) is 21.6 Å². The molecule has 2 heterocycles. The largest absolute Gasteiger partial charge is 0.434 e. The summed E-state index contributed by atoms with van der Waals surface area (Å²) in [6, 6.07) is 6.20. The van der Waals surface area contributed by atoms with Crippen molar-refractivity contribution in [1.82, 2.24) is 9.78 Å². The van der Waals surface area contributed by atoms with Crippen LogP contribution in [-0.4, -0.2) is 22.2 Å². The molecule has 1 amide bonds. The van der Waals surface area contributed by atoms with Crippen molar-refractivity contribution in [3.8, 4) is 5.69 Å². The number of amides is 1. The lowest BCUT2D eigenvalue weighted by Crippen LogP contribution is -2.31. The second-order valence-electron chi connectivity index (χ2n) is 6.36. The first-order chi connectivity index (χ1) is 13.7. The van der Waals surface area contributed by atoms with Gasteiger partial charge >= 0.3 is 6.18 Å². The molecule has 4 nitrogen and oxygen atoms in total. The molecule has 10 heteroatoms. The zero-order valence-corrected chi connectivity index (χ0v) is 14.5. The third-order valence-corrected chi connectivity index (χ3v) is 4.61. The topological polar surface area (TPSA) is 38.1 Å². The van der Waals surface area contributed by atoms with E-state index in [0.717, 1.165) is 23.1 Å². The van der Waals surface area contributed by atoms with E-state index < -0.39 is 46.5 Å². The number of alkyl halides is 3. The van der Waals surface area contributed by atoms with E-state index in [1.54, 1.807) is 0 Å². The number of para-hydroxylation sites is 1. The van der Waals surface area contributed by atoms with Crippen LogP contribution in [0.15, 0.2) is 42.6 Å². The Morgan fingerprint density at radius 1 is 1.00 bits per heavy atom. The number of carbonyl (C=O) groups excluding carboxylic acids is 1. The van der Waals surface area contributed by atoms with Crippen molar-refractivity contribution in [3.63, 3.8) is 0 Å². The van der Waals surface area contributed by atoms with Gasteiger partial charge in [-0.05, 0) is 24.6 Å². The molecule has 1 aliphatic rings. The van der Waals surface area contributed by atoms with Gasteiger partial charge in [0.05, 0.1) is 17.4 Å². The lowest BCUT2D eigenvalue weighted by atomic mass is 10.1. The van der Waals surface area contributed by atoms with Crippen molar-refractivity contribution < 1.29 is 31.1 Å². The maximum Gasteiger partial charge on any atom is 0.434 e. The number of fused-ring (bicyclic) bond motifs is 1. The Bertz CT molecular complexity index is 1120. The van der Waals surface area contributed by atoms with Crippen LogP contribution in [0.4, 0.5) is 32.0 Å². The van der Waals surface area contributed by atoms with Crippen LogP contribution in [0.5, 0.6) is 0 Å². The number of rotatable bonds is 2. The molecule has 0 saturated carbocycles. The van der Waals surface area contributed by atoms with Gasteiger partial charge in [0, 0.05) is 18.2 Å². The first-order valence-electron chi connectivity index (χ1n) is 8.38. The molecule has 4 rings (SSSR count). The summed E-state index contributed by atoms with van der Waals surface area (Å²) < 4.78 is 83.1. The van der Waals surface area contributed by atoms with Gasteiger partial charge in [-0.2, -0.15) is 18.3 Å². The summed E-state index contributed by atoms with van der Waals surface area (Å²) in [4.78, 5) is 13.7. The summed E-state index contributed by atoms with van der Waals surface area (Å²) in [6.45, 7) is -0.128. The van der Waals surface area contributed by atoms with Crippen molar-refractivity contribution in [2.45, 2.75) is 12.6 Å². The van der Waals surface area contributed by atoms with Crippen molar-refractivity contribution in [3.05, 3.63) is 76.9 Å². The number of benzene rings is 2. The number of aromatic nitrogens is 2. The van der Waals surface area contributed by atoms with Crippen molar-refractivity contribution in [1.29, 1.82) is 0 Å². The smallest absolute Gasteiger partial charge is 0.307 e. The zero-order chi connectivity index (χ0) is 20.9. The highest BCUT2D eigenvalue weighted by atomic mass is 19.4. The van der Waals surface area contributed by atoms with E-state index in [1.807, 2.05) is 0 Å². The summed E-state index contributed by atoms with van der Waals surface area (Å²) in [6.07, 6.45) is -4.35. The first kappa shape index (κ1) is 19.0. The number of hydrogen-bond donors (Lipinski definition) is 0. The highest BCUT2D eigenvalue weighted by Gasteiger charge is 2.43. The van der Waals surface area contributed by atoms with Gasteiger partial charge in [-0.1, -0.05) is 12.1 Å². The van der Waals surface area contributed by atoms with E-state index >= 15 is 0 Å². The van der Waals surface area contributed by atoms with Gasteiger partial charge in [0.25, 0.3) is 5.91 Å². The van der Waals surface area contributed by atoms with E-state index in [9.17, 15) is 31.1 Å². The minimum Gasteiger partial charge on any atom is -0.307 e. The van der Waals surface area contributed by atoms with E-state index in [4.69, 9.17) is 0 Å². The predicted octanol–water partition coefficient (Wildman–Crippen LogP) is 4.51. The van der Waals surface area contributed by atoms with E-state index in [2.05, 4.69) is 5.10 Å². The Kier molecular flexibility index (Phi) is 4.36. The summed E-state index contributed by atoms with van der Waals surface area (Å²) in [5.41, 5.74) is -2.91. The molecule has 2 aromatic carbocycles. The van der Waals surface area contributed by atoms with Crippen molar-refractivity contribution >= 4 is 11.6 Å². The summed E-state index contributed by atoms with van der Waals surface area (Å²) in [5.74, 6) is -3.94. The normalized spacial score (nSPS) is 13.7. The average Bonchev–Trinajstić information content (AvgIpc) is 3.25. The Hall–Kier alpha value is -3.30. The molecular formula is C19H11F6N3O. The van der Waals surface area contributed by atoms with Crippen LogP contribution in [0.25, 0.3) is 5.69 Å². The SMILES string of the molecule is O=C(c1cnn(-c2ccccc2F)c1C(F)(F)F)N1CCc2c(F)cc(F)cc21. The maximum atomic E-state index is 14.0. The van der Waals surface area contributed by atoms with E-state index in [-0.39, 0.29) is 24.2 Å². The van der Waals surface area contributed by atoms with Crippen LogP contribution in [0.2, 0.25) is 0 Å². The van der Waals surface area contributed by atoms with Crippen LogP contribution >= 0.6 is 0 Å². The van der Waals surface area contributed by atoms with Crippen LogP contribution in [0, 0.1) is 17.5 Å². The van der Waals surface area contributed by atoms with Crippen molar-refractivity contribution in [2.24, 2.45) is 0 Å². The minimum absolute atomic E-state index is 0.0238.